The summed E-state index contributed by atoms with van der Waals surface area (Å²) >= 11 is 0. The Hall–Kier alpha value is -5.34. The molecule has 1 saturated carbocycles. The first kappa shape index (κ1) is 67.5. The summed E-state index contributed by atoms with van der Waals surface area (Å²) in [4.78, 5) is 59.2. The van der Waals surface area contributed by atoms with Crippen molar-refractivity contribution < 1.29 is 44.0 Å². The molecule has 3 aromatic heterocycles. The normalized spacial score (nSPS) is 22.8. The molecule has 24 heteroatoms. The van der Waals surface area contributed by atoms with Crippen molar-refractivity contribution in [3.63, 3.8) is 0 Å². The minimum atomic E-state index is -0.685. The third-order valence-corrected chi connectivity index (χ3v) is 15.5. The lowest BCUT2D eigenvalue weighted by atomic mass is 9.85. The molecule has 7 rings (SSSR count). The number of rotatable bonds is 22. The summed E-state index contributed by atoms with van der Waals surface area (Å²) in [6.07, 6.45) is 7.26. The van der Waals surface area contributed by atoms with E-state index >= 15 is 0 Å². The molecule has 0 radical (unpaired) electrons. The number of β-amino-alcohol motifs (C(OH)–C–C–N with tert-alkyl or cyclic N) is 3. The van der Waals surface area contributed by atoms with Gasteiger partial charge >= 0.3 is 0 Å². The minimum absolute atomic E-state index is 0.0260. The van der Waals surface area contributed by atoms with E-state index in [-0.39, 0.29) is 64.8 Å². The molecule has 3 amide bonds. The first-order chi connectivity index (χ1) is 38.2. The molecule has 9 atom stereocenters. The molecule has 1 aliphatic carbocycles. The van der Waals surface area contributed by atoms with Crippen LogP contribution in [0.1, 0.15) is 150 Å². The second kappa shape index (κ2) is 28.5. The van der Waals surface area contributed by atoms with Gasteiger partial charge in [0.05, 0.1) is 81.0 Å². The van der Waals surface area contributed by atoms with Gasteiger partial charge in [0.1, 0.15) is 29.5 Å². The van der Waals surface area contributed by atoms with E-state index in [1.807, 2.05) is 115 Å². The van der Waals surface area contributed by atoms with E-state index in [1.165, 1.54) is 11.8 Å². The second-order valence-electron chi connectivity index (χ2n) is 26.6. The minimum Gasteiger partial charge on any atom is -0.391 e. The Morgan fingerprint density at radius 2 is 1.00 bits per heavy atom. The van der Waals surface area contributed by atoms with Crippen LogP contribution in [0.2, 0.25) is 0 Å². The highest BCUT2D eigenvalue weighted by Gasteiger charge is 2.49. The van der Waals surface area contributed by atoms with Crippen molar-refractivity contribution in [3.8, 4) is 0 Å². The molecular formula is C58H99N15O9. The first-order valence-corrected chi connectivity index (χ1v) is 28.8. The van der Waals surface area contributed by atoms with Gasteiger partial charge in [-0.25, -0.2) is 14.0 Å². The number of carbonyl (C=O) groups excluding carboxylic acids is 4. The first-order valence-electron chi connectivity index (χ1n) is 28.8. The van der Waals surface area contributed by atoms with Crippen molar-refractivity contribution in [2.75, 3.05) is 80.7 Å². The molecule has 3 aromatic rings. The lowest BCUT2D eigenvalue weighted by Crippen LogP contribution is -2.47. The summed E-state index contributed by atoms with van der Waals surface area (Å²) in [5.41, 5.74) is 2.96. The van der Waals surface area contributed by atoms with Crippen molar-refractivity contribution in [1.82, 2.24) is 75.2 Å². The molecule has 4 aliphatic rings. The zero-order chi connectivity index (χ0) is 61.2. The molecule has 3 saturated heterocycles. The van der Waals surface area contributed by atoms with Crippen LogP contribution in [0.25, 0.3) is 0 Å². The molecule has 0 aromatic carbocycles. The van der Waals surface area contributed by atoms with Gasteiger partial charge in [0.2, 0.25) is 17.7 Å². The van der Waals surface area contributed by atoms with Crippen molar-refractivity contribution in [2.45, 2.75) is 188 Å². The Kier molecular flexibility index (Phi) is 23.4. The number of aromatic nitrogens is 9. The van der Waals surface area contributed by atoms with Gasteiger partial charge in [0, 0.05) is 57.3 Å². The van der Waals surface area contributed by atoms with Gasteiger partial charge < -0.3 is 55.0 Å². The monoisotopic (exact) mass is 1150 g/mol. The lowest BCUT2D eigenvalue weighted by Gasteiger charge is -2.35. The molecule has 6 heterocycles. The number of carbonyl (C=O) groups is 4. The zero-order valence-electron chi connectivity index (χ0n) is 52.1. The number of hydrogen-bond donors (Lipinski definition) is 5. The van der Waals surface area contributed by atoms with Gasteiger partial charge in [-0.15, -0.1) is 15.3 Å². The molecule has 3 aliphatic heterocycles. The van der Waals surface area contributed by atoms with E-state index in [0.29, 0.717) is 63.7 Å². The van der Waals surface area contributed by atoms with Crippen LogP contribution in [-0.2, 0) is 47.3 Å². The number of aliphatic hydroxyl groups is 3. The molecule has 5 N–H and O–H groups in total. The maximum Gasteiger partial charge on any atom is 0.248 e. The van der Waals surface area contributed by atoms with Crippen LogP contribution >= 0.6 is 0 Å². The number of hydrogen-bond acceptors (Lipinski definition) is 18. The van der Waals surface area contributed by atoms with Gasteiger partial charge in [-0.3, -0.25) is 19.2 Å². The average Bonchev–Trinajstić information content (AvgIpc) is 4.29. The van der Waals surface area contributed by atoms with Crippen LogP contribution in [0.15, 0.2) is 42.9 Å². The van der Waals surface area contributed by atoms with Crippen LogP contribution in [0.5, 0.6) is 0 Å². The highest BCUT2D eigenvalue weighted by Crippen LogP contribution is 2.47. The summed E-state index contributed by atoms with van der Waals surface area (Å²) in [6.45, 7) is 36.3. The molecule has 460 valence electrons. The van der Waals surface area contributed by atoms with Gasteiger partial charge in [0.15, 0.2) is 5.78 Å². The predicted molar refractivity (Wildman–Crippen MR) is 311 cm³/mol. The third-order valence-electron chi connectivity index (χ3n) is 15.5. The molecule has 0 bridgehead atoms. The fourth-order valence-electron chi connectivity index (χ4n) is 11.0. The summed E-state index contributed by atoms with van der Waals surface area (Å²) < 4.78 is 16.0. The van der Waals surface area contributed by atoms with Crippen LogP contribution in [0.4, 0.5) is 0 Å². The summed E-state index contributed by atoms with van der Waals surface area (Å²) in [6, 6.07) is -2.50. The second-order valence-corrected chi connectivity index (χ2v) is 26.6. The number of aliphatic hydroxyl groups excluding tert-OH is 3. The Morgan fingerprint density at radius 3 is 1.35 bits per heavy atom. The number of nitrogens with one attached hydrogen (secondary N) is 2. The molecule has 24 nitrogen and oxygen atoms in total. The van der Waals surface area contributed by atoms with E-state index in [9.17, 15) is 34.5 Å². The SMILES string of the molecule is C=C(C)[C@@H]1C[C@@H](O)CN1C(=O)[C@@H](n1cc(C2(CNC)CC2)nn1)C(C)(C)C.C=C(C)[C@@H]1C[C@@H](O)CN1C(=O)[C@@H](n1cc(COCCNC)nn1)C(C)(C)C.CC(=O)[C@@H]1C[C@@H](O)CN1C(=O)[C@@H](n1cc(COCCN(C)C)nn1)C(C)(C)C. The standard InChI is InChI=1S/C20H33N5O2.C19H33N5O4.C19H33N5O3/c1-13(2)15-9-14(26)10-24(15)18(27)17(19(3,4)5)25-11-16(22-23-25)20(7-8-20)12-21-6;1-13(25)16-9-15(26)11-23(16)18(27)17(19(2,3)4)24-10-14(20-21-24)12-28-8-7-22(5)6;1-13(2)16-9-15(25)11-23(16)18(26)17(19(3,4)5)24-10-14(21-22-24)12-27-8-7-20-6/h11,14-15,17,21,26H,1,7-10,12H2,2-6H3;10,15-17,26H,7-9,11-12H2,1-6H3;10,15-17,20,25H,1,7-9,11-12H2,2-6H3/t14-,15+,17-;2*15-,16+,17-/m111/s1. The van der Waals surface area contributed by atoms with Gasteiger partial charge in [0.25, 0.3) is 0 Å². The fraction of sp³-hybridized carbons (Fsp3) is 0.759. The number of likely N-dealkylation sites (tertiary alicyclic amines) is 3. The van der Waals surface area contributed by atoms with E-state index in [0.717, 1.165) is 49.3 Å². The average molecular weight is 1150 g/mol. The Balaban J connectivity index is 0.000000226. The number of amides is 3. The number of nitrogens with zero attached hydrogens (tertiary/aromatic N) is 13. The van der Waals surface area contributed by atoms with Crippen molar-refractivity contribution in [2.24, 2.45) is 16.2 Å². The molecule has 82 heavy (non-hydrogen) atoms. The number of likely N-dealkylation sites (N-methyl/N-ethyl adjacent to an activating group) is 3. The smallest absolute Gasteiger partial charge is 0.248 e. The molecular weight excluding hydrogens is 1050 g/mol. The molecule has 4 fully saturated rings. The predicted octanol–water partition coefficient (Wildman–Crippen LogP) is 3.29. The van der Waals surface area contributed by atoms with E-state index < -0.39 is 47.9 Å². The topological polar surface area (TPSA) is 277 Å². The summed E-state index contributed by atoms with van der Waals surface area (Å²) in [7, 11) is 7.76. The van der Waals surface area contributed by atoms with E-state index in [1.54, 1.807) is 36.2 Å². The highest BCUT2D eigenvalue weighted by molar-refractivity contribution is 5.90. The summed E-state index contributed by atoms with van der Waals surface area (Å²) in [5.74, 6) is -0.443. The zero-order valence-corrected chi connectivity index (χ0v) is 52.1. The lowest BCUT2D eigenvalue weighted by molar-refractivity contribution is -0.143. The maximum absolute atomic E-state index is 13.5. The largest absolute Gasteiger partial charge is 0.391 e. The van der Waals surface area contributed by atoms with Crippen LogP contribution in [-0.4, -0.2) is 221 Å². The maximum atomic E-state index is 13.5. The van der Waals surface area contributed by atoms with E-state index in [4.69, 9.17) is 9.47 Å². The Bertz CT molecular complexity index is 2610. The third kappa shape index (κ3) is 17.6. The quantitative estimate of drug-likeness (QED) is 0.0713. The van der Waals surface area contributed by atoms with Crippen LogP contribution in [0, 0.1) is 16.2 Å². The molecule has 0 unspecified atom stereocenters. The fourth-order valence-corrected chi connectivity index (χ4v) is 11.0. The Morgan fingerprint density at radius 1 is 0.622 bits per heavy atom. The van der Waals surface area contributed by atoms with E-state index in [2.05, 4.69) is 54.7 Å². The highest BCUT2D eigenvalue weighted by atomic mass is 16.5. The Labute approximate surface area is 486 Å². The number of Topliss-reactive ketones (excluding diaryl/α,β-unsaturated/α-hetero) is 1. The van der Waals surface area contributed by atoms with Crippen molar-refractivity contribution in [1.29, 1.82) is 0 Å². The number of ketones is 1. The van der Waals surface area contributed by atoms with Crippen molar-refractivity contribution >= 4 is 23.5 Å². The van der Waals surface area contributed by atoms with Crippen molar-refractivity contribution in [3.05, 3.63) is 60.0 Å². The van der Waals surface area contributed by atoms with Gasteiger partial charge in [-0.1, -0.05) is 102 Å². The van der Waals surface area contributed by atoms with Gasteiger partial charge in [-0.2, -0.15) is 0 Å². The van der Waals surface area contributed by atoms with Gasteiger partial charge in [-0.05, 0) is 90.9 Å². The van der Waals surface area contributed by atoms with Crippen LogP contribution in [0.3, 0.4) is 0 Å². The number of ether oxygens (including phenoxy) is 2. The van der Waals surface area contributed by atoms with Crippen LogP contribution < -0.4 is 10.6 Å². The summed E-state index contributed by atoms with van der Waals surface area (Å²) in [5, 5.41) is 61.9. The molecule has 0 spiro atoms.